The van der Waals surface area contributed by atoms with Gasteiger partial charge in [-0.2, -0.15) is 0 Å². The zero-order valence-electron chi connectivity index (χ0n) is 6.69. The summed E-state index contributed by atoms with van der Waals surface area (Å²) in [5.41, 5.74) is 1.01. The van der Waals surface area contributed by atoms with E-state index in [4.69, 9.17) is 23.2 Å². The Morgan fingerprint density at radius 2 is 2.08 bits per heavy atom. The maximum Gasteiger partial charge on any atom is 0.163 e. The first-order chi connectivity index (χ1) is 5.52. The average molecular weight is 204 g/mol. The van der Waals surface area contributed by atoms with Gasteiger partial charge in [0.1, 0.15) is 5.15 Å². The summed E-state index contributed by atoms with van der Waals surface area (Å²) in [6, 6.07) is 1.47. The third-order valence-electron chi connectivity index (χ3n) is 1.47. The van der Waals surface area contributed by atoms with Crippen LogP contribution in [0.2, 0.25) is 10.2 Å². The molecule has 0 saturated carbocycles. The number of ketones is 1. The highest BCUT2D eigenvalue weighted by Gasteiger charge is 2.10. The number of halogens is 2. The molecule has 0 aliphatic carbocycles. The third-order valence-corrected chi connectivity index (χ3v) is 1.96. The monoisotopic (exact) mass is 203 g/mol. The smallest absolute Gasteiger partial charge is 0.163 e. The molecule has 0 aromatic carbocycles. The first-order valence-electron chi connectivity index (χ1n) is 3.36. The van der Waals surface area contributed by atoms with Crippen molar-refractivity contribution in [1.29, 1.82) is 0 Å². The molecule has 1 rings (SSSR count). The predicted octanol–water partition coefficient (Wildman–Crippen LogP) is 2.90. The van der Waals surface area contributed by atoms with Gasteiger partial charge < -0.3 is 0 Å². The van der Waals surface area contributed by atoms with E-state index in [2.05, 4.69) is 4.98 Å². The molecular weight excluding hydrogens is 197 g/mol. The molecule has 64 valence electrons. The largest absolute Gasteiger partial charge is 0.294 e. The van der Waals surface area contributed by atoms with Crippen LogP contribution in [0.4, 0.5) is 0 Å². The van der Waals surface area contributed by atoms with Gasteiger partial charge in [-0.05, 0) is 19.9 Å². The number of hydrogen-bond acceptors (Lipinski definition) is 2. The van der Waals surface area contributed by atoms with E-state index in [-0.39, 0.29) is 5.78 Å². The minimum absolute atomic E-state index is 0.0957. The highest BCUT2D eigenvalue weighted by Crippen LogP contribution is 2.22. The average Bonchev–Trinajstić information content (AvgIpc) is 1.82. The van der Waals surface area contributed by atoms with E-state index in [0.717, 1.165) is 0 Å². The van der Waals surface area contributed by atoms with Crippen LogP contribution in [-0.4, -0.2) is 10.8 Å². The third kappa shape index (κ3) is 1.76. The fraction of sp³-hybridized carbons (Fsp3) is 0.250. The van der Waals surface area contributed by atoms with Crippen molar-refractivity contribution in [1.82, 2.24) is 4.98 Å². The molecule has 0 unspecified atom stereocenters. The molecule has 1 aromatic heterocycles. The maximum absolute atomic E-state index is 11.0. The van der Waals surface area contributed by atoms with Gasteiger partial charge in [0.05, 0.1) is 16.3 Å². The first kappa shape index (κ1) is 9.49. The molecule has 0 aliphatic rings. The Hall–Kier alpha value is -0.600. The molecule has 0 amide bonds. The molecular formula is C8H7Cl2NO. The number of carbonyl (C=O) groups excluding carboxylic acids is 1. The van der Waals surface area contributed by atoms with Crippen molar-refractivity contribution in [3.05, 3.63) is 27.5 Å². The van der Waals surface area contributed by atoms with Crippen LogP contribution in [0, 0.1) is 6.92 Å². The topological polar surface area (TPSA) is 30.0 Å². The van der Waals surface area contributed by atoms with Crippen molar-refractivity contribution in [3.8, 4) is 0 Å². The molecule has 0 bridgehead atoms. The minimum Gasteiger partial charge on any atom is -0.294 e. The van der Waals surface area contributed by atoms with E-state index < -0.39 is 0 Å². The number of carbonyl (C=O) groups is 1. The molecule has 0 spiro atoms. The summed E-state index contributed by atoms with van der Waals surface area (Å²) in [5, 5.41) is 0.669. The van der Waals surface area contributed by atoms with Crippen LogP contribution >= 0.6 is 23.2 Å². The normalized spacial score (nSPS) is 10.0. The number of rotatable bonds is 1. The van der Waals surface area contributed by atoms with E-state index in [0.29, 0.717) is 21.4 Å². The molecule has 0 fully saturated rings. The van der Waals surface area contributed by atoms with Crippen LogP contribution < -0.4 is 0 Å². The highest BCUT2D eigenvalue weighted by atomic mass is 35.5. The Balaban J connectivity index is 3.38. The lowest BCUT2D eigenvalue weighted by atomic mass is 10.1. The Labute approximate surface area is 80.5 Å². The molecule has 0 saturated heterocycles. The summed E-state index contributed by atoms with van der Waals surface area (Å²) >= 11 is 11.4. The summed E-state index contributed by atoms with van der Waals surface area (Å²) in [6.45, 7) is 3.15. The lowest BCUT2D eigenvalue weighted by molar-refractivity contribution is 0.101. The molecule has 4 heteroatoms. The number of nitrogens with zero attached hydrogens (tertiary/aromatic N) is 1. The first-order valence-corrected chi connectivity index (χ1v) is 4.11. The van der Waals surface area contributed by atoms with E-state index in [1.54, 1.807) is 6.92 Å². The lowest BCUT2D eigenvalue weighted by Crippen LogP contribution is -1.99. The van der Waals surface area contributed by atoms with Crippen molar-refractivity contribution >= 4 is 29.0 Å². The second-order valence-electron chi connectivity index (χ2n) is 2.44. The number of hydrogen-bond donors (Lipinski definition) is 0. The van der Waals surface area contributed by atoms with Gasteiger partial charge in [0.25, 0.3) is 0 Å². The van der Waals surface area contributed by atoms with Gasteiger partial charge in [0.15, 0.2) is 5.78 Å². The van der Waals surface area contributed by atoms with Crippen molar-refractivity contribution in [2.45, 2.75) is 13.8 Å². The Bertz CT molecular complexity index is 313. The quantitative estimate of drug-likeness (QED) is 0.520. The second kappa shape index (κ2) is 3.42. The summed E-state index contributed by atoms with van der Waals surface area (Å²) in [4.78, 5) is 14.9. The SMILES string of the molecule is CC(=O)c1c(Cl)cc(Cl)nc1C. The summed E-state index contributed by atoms with van der Waals surface area (Å²) in [7, 11) is 0. The Kier molecular flexibility index (Phi) is 2.70. The lowest BCUT2D eigenvalue weighted by Gasteiger charge is -2.03. The molecule has 0 atom stereocenters. The minimum atomic E-state index is -0.0957. The predicted molar refractivity (Wildman–Crippen MR) is 49.0 cm³/mol. The summed E-state index contributed by atoms with van der Waals surface area (Å²) in [6.07, 6.45) is 0. The molecule has 0 radical (unpaired) electrons. The van der Waals surface area contributed by atoms with Gasteiger partial charge in [-0.3, -0.25) is 4.79 Å². The van der Waals surface area contributed by atoms with Crippen molar-refractivity contribution in [3.63, 3.8) is 0 Å². The van der Waals surface area contributed by atoms with Crippen LogP contribution in [0.1, 0.15) is 23.0 Å². The van der Waals surface area contributed by atoms with E-state index >= 15 is 0 Å². The fourth-order valence-corrected chi connectivity index (χ4v) is 1.69. The second-order valence-corrected chi connectivity index (χ2v) is 3.24. The van der Waals surface area contributed by atoms with Crippen molar-refractivity contribution < 1.29 is 4.79 Å². The van der Waals surface area contributed by atoms with Gasteiger partial charge in [0, 0.05) is 0 Å². The van der Waals surface area contributed by atoms with Crippen molar-refractivity contribution in [2.75, 3.05) is 0 Å². The molecule has 1 aromatic rings. The van der Waals surface area contributed by atoms with E-state index in [9.17, 15) is 4.79 Å². The molecule has 0 aliphatic heterocycles. The van der Waals surface area contributed by atoms with Crippen molar-refractivity contribution in [2.24, 2.45) is 0 Å². The molecule has 2 nitrogen and oxygen atoms in total. The highest BCUT2D eigenvalue weighted by molar-refractivity contribution is 6.36. The van der Waals surface area contributed by atoms with Crippen LogP contribution in [0.15, 0.2) is 6.07 Å². The number of aryl methyl sites for hydroxylation is 1. The van der Waals surface area contributed by atoms with Gasteiger partial charge in [-0.15, -0.1) is 0 Å². The van der Waals surface area contributed by atoms with Gasteiger partial charge >= 0.3 is 0 Å². The van der Waals surface area contributed by atoms with Gasteiger partial charge in [0.2, 0.25) is 0 Å². The van der Waals surface area contributed by atoms with Crippen LogP contribution in [-0.2, 0) is 0 Å². The zero-order valence-corrected chi connectivity index (χ0v) is 8.20. The zero-order chi connectivity index (χ0) is 9.30. The van der Waals surface area contributed by atoms with E-state index in [1.807, 2.05) is 0 Å². The Morgan fingerprint density at radius 1 is 1.50 bits per heavy atom. The maximum atomic E-state index is 11.0. The van der Waals surface area contributed by atoms with Crippen LogP contribution in [0.25, 0.3) is 0 Å². The van der Waals surface area contributed by atoms with E-state index in [1.165, 1.54) is 13.0 Å². The Morgan fingerprint density at radius 3 is 2.50 bits per heavy atom. The van der Waals surface area contributed by atoms with Gasteiger partial charge in [-0.25, -0.2) is 4.98 Å². The standard InChI is InChI=1S/C8H7Cl2NO/c1-4-8(5(2)12)6(9)3-7(10)11-4/h3H,1-2H3. The number of Topliss-reactive ketones (excluding diaryl/α,β-unsaturated/α-hetero) is 1. The number of aromatic nitrogens is 1. The van der Waals surface area contributed by atoms with Gasteiger partial charge in [-0.1, -0.05) is 23.2 Å². The summed E-state index contributed by atoms with van der Waals surface area (Å²) in [5.74, 6) is -0.0957. The summed E-state index contributed by atoms with van der Waals surface area (Å²) < 4.78 is 0. The molecule has 1 heterocycles. The fourth-order valence-electron chi connectivity index (χ4n) is 1.02. The number of pyridine rings is 1. The molecule has 0 N–H and O–H groups in total. The van der Waals surface area contributed by atoms with Crippen LogP contribution in [0.5, 0.6) is 0 Å². The molecule has 12 heavy (non-hydrogen) atoms. The van der Waals surface area contributed by atoms with Crippen LogP contribution in [0.3, 0.4) is 0 Å².